The van der Waals surface area contributed by atoms with E-state index in [0.29, 0.717) is 17.5 Å². The van der Waals surface area contributed by atoms with Gasteiger partial charge in [-0.05, 0) is 114 Å². The van der Waals surface area contributed by atoms with Gasteiger partial charge in [0.2, 0.25) is 0 Å². The molecule has 0 radical (unpaired) electrons. The lowest BCUT2D eigenvalue weighted by molar-refractivity contribution is 0.670. The first-order chi connectivity index (χ1) is 32.7. The summed E-state index contributed by atoms with van der Waals surface area (Å²) in [5.41, 5.74) is 10.9. The van der Waals surface area contributed by atoms with Gasteiger partial charge in [0.15, 0.2) is 17.5 Å². The Morgan fingerprint density at radius 3 is 1.74 bits per heavy atom. The van der Waals surface area contributed by atoms with Gasteiger partial charge in [-0.25, -0.2) is 15.0 Å². The number of hydrogen-bond donors (Lipinski definition) is 0. The van der Waals surface area contributed by atoms with Crippen LogP contribution in [0.2, 0.25) is 0 Å². The van der Waals surface area contributed by atoms with Crippen molar-refractivity contribution in [3.8, 4) is 56.2 Å². The van der Waals surface area contributed by atoms with Gasteiger partial charge in [0.25, 0.3) is 0 Å². The topological polar surface area (TPSA) is 51.8 Å². The normalized spacial score (nSPS) is 12.8. The molecule has 308 valence electrons. The van der Waals surface area contributed by atoms with E-state index in [2.05, 4.69) is 218 Å². The summed E-state index contributed by atoms with van der Waals surface area (Å²) in [5, 5.41) is 11.6. The minimum atomic E-state index is 0.579. The highest BCUT2D eigenvalue weighted by Gasteiger charge is 2.23. The quantitative estimate of drug-likeness (QED) is 0.157. The molecule has 4 nitrogen and oxygen atoms in total. The maximum Gasteiger partial charge on any atom is 0.164 e. The molecule has 10 aromatic carbocycles. The van der Waals surface area contributed by atoms with Crippen molar-refractivity contribution in [2.45, 2.75) is 6.42 Å². The third-order valence-electron chi connectivity index (χ3n) is 13.1. The first kappa shape index (κ1) is 37.8. The molecule has 12 aromatic rings. The summed E-state index contributed by atoms with van der Waals surface area (Å²) >= 11 is 0. The summed E-state index contributed by atoms with van der Waals surface area (Å²) in [7, 11) is 0. The second-order valence-electron chi connectivity index (χ2n) is 17.0. The van der Waals surface area contributed by atoms with Crippen LogP contribution < -0.4 is 0 Å². The highest BCUT2D eigenvalue weighted by Crippen LogP contribution is 2.47. The van der Waals surface area contributed by atoms with Crippen LogP contribution in [0.5, 0.6) is 0 Å². The van der Waals surface area contributed by atoms with Gasteiger partial charge >= 0.3 is 0 Å². The first-order valence-electron chi connectivity index (χ1n) is 22.5. The molecule has 4 heteroatoms. The molecular weight excluding hydrogens is 803 g/mol. The van der Waals surface area contributed by atoms with E-state index in [9.17, 15) is 0 Å². The van der Waals surface area contributed by atoms with Crippen LogP contribution in [-0.4, -0.2) is 15.0 Å². The largest absolute Gasteiger partial charge is 0.455 e. The van der Waals surface area contributed by atoms with Crippen LogP contribution in [-0.2, 0) is 0 Å². The molecule has 0 saturated carbocycles. The summed E-state index contributed by atoms with van der Waals surface area (Å²) < 4.78 is 7.15. The molecule has 0 atom stereocenters. The van der Waals surface area contributed by atoms with Gasteiger partial charge in [-0.1, -0.05) is 188 Å². The van der Waals surface area contributed by atoms with Crippen LogP contribution in [0.4, 0.5) is 0 Å². The van der Waals surface area contributed by atoms with Crippen molar-refractivity contribution >= 4 is 70.6 Å². The second kappa shape index (κ2) is 15.5. The van der Waals surface area contributed by atoms with Crippen LogP contribution in [0, 0.1) is 0 Å². The lowest BCUT2D eigenvalue weighted by Crippen LogP contribution is -2.02. The molecule has 0 saturated heterocycles. The third kappa shape index (κ3) is 6.34. The van der Waals surface area contributed by atoms with Gasteiger partial charge in [0, 0.05) is 33.0 Å². The van der Waals surface area contributed by atoms with Gasteiger partial charge in [0.1, 0.15) is 11.2 Å². The van der Waals surface area contributed by atoms with Gasteiger partial charge in [0.05, 0.1) is 0 Å². The van der Waals surface area contributed by atoms with E-state index in [1.54, 1.807) is 0 Å². The van der Waals surface area contributed by atoms with Gasteiger partial charge < -0.3 is 4.42 Å². The average molecular weight is 842 g/mol. The van der Waals surface area contributed by atoms with Crippen molar-refractivity contribution in [3.05, 3.63) is 230 Å². The molecule has 1 aliphatic rings. The van der Waals surface area contributed by atoms with Crippen molar-refractivity contribution in [1.82, 2.24) is 15.0 Å². The molecule has 13 rings (SSSR count). The summed E-state index contributed by atoms with van der Waals surface area (Å²) in [6.45, 7) is 0. The van der Waals surface area contributed by atoms with Crippen LogP contribution >= 0.6 is 0 Å². The molecule has 0 bridgehead atoms. The molecule has 0 unspecified atom stereocenters. The van der Waals surface area contributed by atoms with Crippen molar-refractivity contribution in [2.24, 2.45) is 0 Å². The van der Waals surface area contributed by atoms with E-state index < -0.39 is 0 Å². The maximum atomic E-state index is 7.15. The minimum Gasteiger partial charge on any atom is -0.455 e. The SMILES string of the molecule is C1=CCC=CC(c2nc(-c3cccc(-c4ccccc4)c3)nc(-c3cccc4oc5c(-c6cc7ccccc7c7ccccc67)cc(-c6cc7ccccc7c7ccccc67)cc5c34)n2)=C1. The molecule has 66 heavy (non-hydrogen) atoms. The number of furan rings is 1. The van der Waals surface area contributed by atoms with Gasteiger partial charge in [-0.2, -0.15) is 0 Å². The summed E-state index contributed by atoms with van der Waals surface area (Å²) in [4.78, 5) is 15.8. The Hall–Kier alpha value is -8.73. The predicted molar refractivity (Wildman–Crippen MR) is 275 cm³/mol. The van der Waals surface area contributed by atoms with E-state index in [4.69, 9.17) is 19.4 Å². The summed E-state index contributed by atoms with van der Waals surface area (Å²) in [6.07, 6.45) is 11.4. The van der Waals surface area contributed by atoms with E-state index in [1.807, 2.05) is 6.07 Å². The van der Waals surface area contributed by atoms with Crippen LogP contribution in [0.25, 0.3) is 127 Å². The fourth-order valence-electron chi connectivity index (χ4n) is 9.99. The zero-order valence-corrected chi connectivity index (χ0v) is 35.8. The van der Waals surface area contributed by atoms with Gasteiger partial charge in [-0.15, -0.1) is 0 Å². The Morgan fingerprint density at radius 2 is 0.970 bits per heavy atom. The number of allylic oxidation sites excluding steroid dienone is 6. The lowest BCUT2D eigenvalue weighted by Gasteiger charge is -2.15. The van der Waals surface area contributed by atoms with Gasteiger partial charge in [-0.3, -0.25) is 0 Å². The van der Waals surface area contributed by atoms with Crippen molar-refractivity contribution in [1.29, 1.82) is 0 Å². The van der Waals surface area contributed by atoms with E-state index in [-0.39, 0.29) is 0 Å². The second-order valence-corrected chi connectivity index (χ2v) is 17.0. The molecule has 0 aliphatic heterocycles. The smallest absolute Gasteiger partial charge is 0.164 e. The Balaban J connectivity index is 1.12. The predicted octanol–water partition coefficient (Wildman–Crippen LogP) is 16.6. The highest BCUT2D eigenvalue weighted by atomic mass is 16.3. The minimum absolute atomic E-state index is 0.579. The molecule has 2 heterocycles. The van der Waals surface area contributed by atoms with Crippen molar-refractivity contribution < 1.29 is 4.42 Å². The number of aromatic nitrogens is 3. The van der Waals surface area contributed by atoms with E-state index >= 15 is 0 Å². The number of nitrogens with zero attached hydrogens (tertiary/aromatic N) is 3. The molecule has 2 aromatic heterocycles. The van der Waals surface area contributed by atoms with E-state index in [1.165, 1.54) is 43.1 Å². The zero-order chi connectivity index (χ0) is 43.6. The van der Waals surface area contributed by atoms with Crippen molar-refractivity contribution in [2.75, 3.05) is 0 Å². The Bertz CT molecular complexity index is 4020. The Kier molecular flexibility index (Phi) is 8.88. The molecular formula is C62H39N3O. The fourth-order valence-corrected chi connectivity index (χ4v) is 9.99. The maximum absolute atomic E-state index is 7.15. The Labute approximate surface area is 381 Å². The first-order valence-corrected chi connectivity index (χ1v) is 22.5. The van der Waals surface area contributed by atoms with Crippen LogP contribution in [0.3, 0.4) is 0 Å². The Morgan fingerprint density at radius 1 is 0.364 bits per heavy atom. The van der Waals surface area contributed by atoms with Crippen LogP contribution in [0.15, 0.2) is 229 Å². The number of hydrogen-bond acceptors (Lipinski definition) is 4. The standard InChI is InChI=1S/C62H39N3O/c1-2-5-21-40(20-4-1)60-63-61(44-25-16-24-41(34-44)39-18-6-3-7-19-39)65-62(64-60)52-32-17-33-57-58(52)56-38-45(53-35-42-22-8-10-26-46(42)48-28-12-14-30-50(48)53)37-55(59(56)66-57)54-36-43-23-9-11-27-47(43)49-29-13-15-31-51(49)54/h1,3-38H,2H2. The fraction of sp³-hybridized carbons (Fsp3) is 0.0161. The lowest BCUT2D eigenvalue weighted by atomic mass is 9.88. The number of rotatable bonds is 6. The molecule has 0 amide bonds. The van der Waals surface area contributed by atoms with Crippen LogP contribution in [0.1, 0.15) is 12.2 Å². The molecule has 0 spiro atoms. The molecule has 1 aliphatic carbocycles. The average Bonchev–Trinajstić information content (AvgIpc) is 3.55. The third-order valence-corrected chi connectivity index (χ3v) is 13.1. The monoisotopic (exact) mass is 841 g/mol. The van der Waals surface area contributed by atoms with E-state index in [0.717, 1.165) is 78.4 Å². The summed E-state index contributed by atoms with van der Waals surface area (Å²) in [6, 6.07) is 69.3. The molecule has 0 fully saturated rings. The summed E-state index contributed by atoms with van der Waals surface area (Å²) in [5.74, 6) is 1.79. The zero-order valence-electron chi connectivity index (χ0n) is 35.8. The highest BCUT2D eigenvalue weighted by molar-refractivity contribution is 6.22. The molecule has 0 N–H and O–H groups in total. The van der Waals surface area contributed by atoms with Crippen molar-refractivity contribution in [3.63, 3.8) is 0 Å². The number of benzene rings is 10. The number of fused-ring (bicyclic) bond motifs is 9.